The summed E-state index contributed by atoms with van der Waals surface area (Å²) in [4.78, 5) is 14.6. The van der Waals surface area contributed by atoms with Gasteiger partial charge in [0.1, 0.15) is 4.83 Å². The lowest BCUT2D eigenvalue weighted by molar-refractivity contribution is 0.897. The Balaban J connectivity index is 1.87. The molecule has 4 aromatic rings. The molecule has 7 heteroatoms. The number of unbranched alkanes of at least 4 members (excludes halogenated alkanes) is 1. The van der Waals surface area contributed by atoms with Crippen LogP contribution in [0.2, 0.25) is 0 Å². The van der Waals surface area contributed by atoms with Crippen molar-refractivity contribution < 1.29 is 0 Å². The summed E-state index contributed by atoms with van der Waals surface area (Å²) >= 11 is 3.50. The average molecular weight is 422 g/mol. The molecule has 148 valence electrons. The van der Waals surface area contributed by atoms with Gasteiger partial charge in [0.15, 0.2) is 0 Å². The summed E-state index contributed by atoms with van der Waals surface area (Å²) in [5.41, 5.74) is 11.4. The minimum Gasteiger partial charge on any atom is -0.397 e. The van der Waals surface area contributed by atoms with Crippen LogP contribution < -0.4 is 11.1 Å². The highest BCUT2D eigenvalue weighted by Crippen LogP contribution is 2.45. The Morgan fingerprint density at radius 3 is 2.55 bits per heavy atom. The van der Waals surface area contributed by atoms with Crippen LogP contribution in [-0.4, -0.2) is 27.8 Å². The zero-order chi connectivity index (χ0) is 20.2. The van der Waals surface area contributed by atoms with Crippen molar-refractivity contribution in [3.8, 4) is 22.4 Å². The van der Waals surface area contributed by atoms with Crippen LogP contribution in [0.4, 0.5) is 11.6 Å². The normalized spacial score (nSPS) is 11.1. The Morgan fingerprint density at radius 1 is 1.10 bits per heavy atom. The second-order valence-electron chi connectivity index (χ2n) is 6.65. The Kier molecular flexibility index (Phi) is 5.97. The largest absolute Gasteiger partial charge is 0.397 e. The molecule has 0 fully saturated rings. The van der Waals surface area contributed by atoms with E-state index in [1.807, 2.05) is 30.0 Å². The number of nitrogens with one attached hydrogen (secondary N) is 1. The first-order chi connectivity index (χ1) is 14.2. The van der Waals surface area contributed by atoms with Gasteiger partial charge in [0, 0.05) is 30.4 Å². The molecule has 4 rings (SSSR count). The van der Waals surface area contributed by atoms with Crippen molar-refractivity contribution in [2.24, 2.45) is 0 Å². The molecule has 5 nitrogen and oxygen atoms in total. The number of thioether (sulfide) groups is 1. The zero-order valence-electron chi connectivity index (χ0n) is 16.5. The Labute approximate surface area is 178 Å². The fourth-order valence-corrected chi connectivity index (χ4v) is 5.55. The van der Waals surface area contributed by atoms with Crippen molar-refractivity contribution in [3.05, 3.63) is 48.8 Å². The number of nitrogens with two attached hydrogens (primary N) is 1. The van der Waals surface area contributed by atoms with Crippen molar-refractivity contribution in [3.63, 3.8) is 0 Å². The summed E-state index contributed by atoms with van der Waals surface area (Å²) in [6.07, 6.45) is 5.96. The number of nitrogens with zero attached hydrogens (tertiary/aromatic N) is 3. The van der Waals surface area contributed by atoms with Gasteiger partial charge in [-0.3, -0.25) is 0 Å². The zero-order valence-corrected chi connectivity index (χ0v) is 18.1. The third-order valence-electron chi connectivity index (χ3n) is 4.65. The van der Waals surface area contributed by atoms with E-state index >= 15 is 0 Å². The molecule has 29 heavy (non-hydrogen) atoms. The molecule has 1 aromatic carbocycles. The van der Waals surface area contributed by atoms with Crippen LogP contribution in [0.25, 0.3) is 32.6 Å². The SMILES string of the molecule is CCCCSc1sc2nc(-c3cnc(NC)nc3)cc(-c3ccccc3)c2c1N. The fourth-order valence-electron chi connectivity index (χ4n) is 3.10. The van der Waals surface area contributed by atoms with Gasteiger partial charge in [0.05, 0.1) is 15.6 Å². The molecule has 0 amide bonds. The van der Waals surface area contributed by atoms with Gasteiger partial charge >= 0.3 is 0 Å². The number of thiophene rings is 1. The van der Waals surface area contributed by atoms with E-state index in [9.17, 15) is 0 Å². The van der Waals surface area contributed by atoms with Crippen LogP contribution in [-0.2, 0) is 0 Å². The van der Waals surface area contributed by atoms with E-state index in [2.05, 4.69) is 40.4 Å². The lowest BCUT2D eigenvalue weighted by Crippen LogP contribution is -1.96. The summed E-state index contributed by atoms with van der Waals surface area (Å²) in [6, 6.07) is 12.4. The Hall–Kier alpha value is -2.64. The lowest BCUT2D eigenvalue weighted by atomic mass is 10.0. The van der Waals surface area contributed by atoms with E-state index in [1.54, 1.807) is 30.8 Å². The van der Waals surface area contributed by atoms with Crippen LogP contribution in [0.5, 0.6) is 0 Å². The van der Waals surface area contributed by atoms with E-state index in [1.165, 1.54) is 12.8 Å². The first kappa shape index (κ1) is 19.7. The van der Waals surface area contributed by atoms with Crippen LogP contribution in [0, 0.1) is 0 Å². The number of benzene rings is 1. The number of fused-ring (bicyclic) bond motifs is 1. The molecule has 0 bridgehead atoms. The number of rotatable bonds is 7. The van der Waals surface area contributed by atoms with Gasteiger partial charge in [0.25, 0.3) is 0 Å². The maximum atomic E-state index is 6.60. The molecule has 3 aromatic heterocycles. The Morgan fingerprint density at radius 2 is 1.86 bits per heavy atom. The van der Waals surface area contributed by atoms with Gasteiger partial charge in [-0.25, -0.2) is 15.0 Å². The second-order valence-corrected chi connectivity index (χ2v) is 9.01. The predicted octanol–water partition coefficient (Wildman–Crippen LogP) is 5.94. The monoisotopic (exact) mass is 421 g/mol. The first-order valence-corrected chi connectivity index (χ1v) is 11.4. The molecule has 0 radical (unpaired) electrons. The number of hydrogen-bond acceptors (Lipinski definition) is 7. The smallest absolute Gasteiger partial charge is 0.222 e. The minimum atomic E-state index is 0.591. The molecule has 3 N–H and O–H groups in total. The quantitative estimate of drug-likeness (QED) is 0.284. The van der Waals surface area contributed by atoms with E-state index in [4.69, 9.17) is 10.7 Å². The maximum absolute atomic E-state index is 6.60. The number of pyridine rings is 1. The highest BCUT2D eigenvalue weighted by molar-refractivity contribution is 8.01. The molecule has 3 heterocycles. The fraction of sp³-hybridized carbons (Fsp3) is 0.227. The van der Waals surface area contributed by atoms with Gasteiger partial charge < -0.3 is 11.1 Å². The number of hydrogen-bond donors (Lipinski definition) is 2. The highest BCUT2D eigenvalue weighted by Gasteiger charge is 2.18. The molecule has 0 atom stereocenters. The van der Waals surface area contributed by atoms with Crippen LogP contribution >= 0.6 is 23.1 Å². The van der Waals surface area contributed by atoms with Crippen molar-refractivity contribution >= 4 is 45.0 Å². The molecule has 0 saturated heterocycles. The van der Waals surface area contributed by atoms with E-state index < -0.39 is 0 Å². The first-order valence-electron chi connectivity index (χ1n) is 9.62. The minimum absolute atomic E-state index is 0.591. The Bertz CT molecular complexity index is 1110. The van der Waals surface area contributed by atoms with E-state index in [0.29, 0.717) is 5.95 Å². The molecule has 0 aliphatic heterocycles. The molecule has 0 saturated carbocycles. The van der Waals surface area contributed by atoms with Gasteiger partial charge in [-0.05, 0) is 29.4 Å². The van der Waals surface area contributed by atoms with Gasteiger partial charge in [-0.1, -0.05) is 43.7 Å². The van der Waals surface area contributed by atoms with Crippen LogP contribution in [0.15, 0.2) is 53.0 Å². The summed E-state index contributed by atoms with van der Waals surface area (Å²) in [5.74, 6) is 1.66. The molecule has 0 aliphatic rings. The summed E-state index contributed by atoms with van der Waals surface area (Å²) in [7, 11) is 1.80. The number of nitrogen functional groups attached to an aromatic ring is 1. The van der Waals surface area contributed by atoms with Crippen LogP contribution in [0.1, 0.15) is 19.8 Å². The van der Waals surface area contributed by atoms with Crippen molar-refractivity contribution in [1.29, 1.82) is 0 Å². The maximum Gasteiger partial charge on any atom is 0.222 e. The van der Waals surface area contributed by atoms with Crippen molar-refractivity contribution in [1.82, 2.24) is 15.0 Å². The predicted molar refractivity (Wildman–Crippen MR) is 126 cm³/mol. The lowest BCUT2D eigenvalue weighted by Gasteiger charge is -2.09. The number of anilines is 2. The standard InChI is InChI=1S/C22H23N5S2/c1-3-4-10-28-21-19(23)18-16(14-8-6-5-7-9-14)11-17(27-20(18)29-21)15-12-25-22(24-2)26-13-15/h5-9,11-13H,3-4,10,23H2,1-2H3,(H,24,25,26). The molecule has 0 unspecified atom stereocenters. The van der Waals surface area contributed by atoms with Gasteiger partial charge in [-0.2, -0.15) is 0 Å². The van der Waals surface area contributed by atoms with E-state index in [0.717, 1.165) is 48.3 Å². The molecular weight excluding hydrogens is 398 g/mol. The number of aromatic nitrogens is 3. The summed E-state index contributed by atoms with van der Waals surface area (Å²) in [5, 5.41) is 3.99. The summed E-state index contributed by atoms with van der Waals surface area (Å²) < 4.78 is 1.15. The third-order valence-corrected chi connectivity index (χ3v) is 7.12. The molecule has 0 spiro atoms. The van der Waals surface area contributed by atoms with Crippen LogP contribution in [0.3, 0.4) is 0 Å². The van der Waals surface area contributed by atoms with Gasteiger partial charge in [-0.15, -0.1) is 23.1 Å². The average Bonchev–Trinajstić information content (AvgIpc) is 3.09. The van der Waals surface area contributed by atoms with Crippen molar-refractivity contribution in [2.75, 3.05) is 23.9 Å². The molecular formula is C22H23N5S2. The van der Waals surface area contributed by atoms with Gasteiger partial charge in [0.2, 0.25) is 5.95 Å². The summed E-state index contributed by atoms with van der Waals surface area (Å²) in [6.45, 7) is 2.21. The molecule has 0 aliphatic carbocycles. The van der Waals surface area contributed by atoms with E-state index in [-0.39, 0.29) is 0 Å². The van der Waals surface area contributed by atoms with Crippen molar-refractivity contribution in [2.45, 2.75) is 24.0 Å². The third kappa shape index (κ3) is 4.06. The second kappa shape index (κ2) is 8.80. The highest BCUT2D eigenvalue weighted by atomic mass is 32.2. The topological polar surface area (TPSA) is 76.7 Å².